The summed E-state index contributed by atoms with van der Waals surface area (Å²) in [6.45, 7) is 6.25. The minimum Gasteiger partial charge on any atom is -0.463 e. The molecule has 0 saturated carbocycles. The van der Waals surface area contributed by atoms with E-state index < -0.39 is 11.9 Å². The van der Waals surface area contributed by atoms with Crippen LogP contribution in [0.1, 0.15) is 85.0 Å². The third-order valence-electron chi connectivity index (χ3n) is 3.67. The lowest BCUT2D eigenvalue weighted by molar-refractivity contribution is -0.141. The third kappa shape index (κ3) is 14.0. The molecule has 0 radical (unpaired) electrons. The summed E-state index contributed by atoms with van der Waals surface area (Å²) in [5.41, 5.74) is 0.288. The number of carbonyl (C=O) groups is 2. The number of ether oxygens (including phenoxy) is 2. The molecule has 0 saturated heterocycles. The molecule has 134 valence electrons. The van der Waals surface area contributed by atoms with Crippen LogP contribution in [0.25, 0.3) is 0 Å². The Labute approximate surface area is 141 Å². The number of unbranched alkanes of at least 4 members (excludes halogenated alkanes) is 9. The van der Waals surface area contributed by atoms with Gasteiger partial charge in [-0.3, -0.25) is 0 Å². The topological polar surface area (TPSA) is 52.6 Å². The maximum absolute atomic E-state index is 11.6. The molecule has 0 fully saturated rings. The standard InChI is InChI=1S/C19H34O4/c1-4-6-7-8-9-10-11-12-13-14-15-23-19(21)17(3)16-18(20)22-5-2/h16H,4-15H2,1-3H3/b17-16+. The van der Waals surface area contributed by atoms with Gasteiger partial charge in [-0.05, 0) is 20.3 Å². The number of hydrogen-bond acceptors (Lipinski definition) is 4. The van der Waals surface area contributed by atoms with Crippen LogP contribution >= 0.6 is 0 Å². The molecule has 0 amide bonds. The maximum atomic E-state index is 11.6. The summed E-state index contributed by atoms with van der Waals surface area (Å²) < 4.78 is 9.89. The average molecular weight is 326 g/mol. The second-order valence-corrected chi connectivity index (χ2v) is 5.90. The highest BCUT2D eigenvalue weighted by Crippen LogP contribution is 2.10. The zero-order chi connectivity index (χ0) is 17.3. The normalized spacial score (nSPS) is 11.3. The Bertz CT molecular complexity index is 347. The first-order chi connectivity index (χ1) is 11.1. The van der Waals surface area contributed by atoms with Gasteiger partial charge < -0.3 is 9.47 Å². The molecule has 4 heteroatoms. The monoisotopic (exact) mass is 326 g/mol. The van der Waals surface area contributed by atoms with E-state index in [0.717, 1.165) is 12.8 Å². The molecule has 0 aliphatic heterocycles. The Morgan fingerprint density at radius 2 is 1.30 bits per heavy atom. The van der Waals surface area contributed by atoms with Crippen LogP contribution in [0, 0.1) is 0 Å². The van der Waals surface area contributed by atoms with Gasteiger partial charge in [0.05, 0.1) is 13.2 Å². The summed E-state index contributed by atoms with van der Waals surface area (Å²) in [5.74, 6) is -0.935. The van der Waals surface area contributed by atoms with Crippen molar-refractivity contribution in [2.24, 2.45) is 0 Å². The van der Waals surface area contributed by atoms with Crippen LogP contribution in [0.2, 0.25) is 0 Å². The second-order valence-electron chi connectivity index (χ2n) is 5.90. The predicted octanol–water partition coefficient (Wildman–Crippen LogP) is 4.96. The Morgan fingerprint density at radius 3 is 1.83 bits per heavy atom. The molecule has 0 aromatic heterocycles. The fourth-order valence-corrected chi connectivity index (χ4v) is 2.29. The van der Waals surface area contributed by atoms with E-state index in [2.05, 4.69) is 6.92 Å². The van der Waals surface area contributed by atoms with E-state index in [1.54, 1.807) is 13.8 Å². The van der Waals surface area contributed by atoms with Gasteiger partial charge in [0.25, 0.3) is 0 Å². The van der Waals surface area contributed by atoms with Crippen molar-refractivity contribution in [2.45, 2.75) is 85.0 Å². The number of rotatable bonds is 14. The zero-order valence-electron chi connectivity index (χ0n) is 15.2. The van der Waals surface area contributed by atoms with Crippen LogP contribution in [-0.4, -0.2) is 25.2 Å². The highest BCUT2D eigenvalue weighted by molar-refractivity contribution is 5.95. The van der Waals surface area contributed by atoms with Gasteiger partial charge in [-0.25, -0.2) is 9.59 Å². The Kier molecular flexibility index (Phi) is 14.7. The van der Waals surface area contributed by atoms with Crippen LogP contribution in [0.15, 0.2) is 11.6 Å². The van der Waals surface area contributed by atoms with Crippen molar-refractivity contribution in [1.29, 1.82) is 0 Å². The van der Waals surface area contributed by atoms with Crippen LogP contribution < -0.4 is 0 Å². The first kappa shape index (κ1) is 21.7. The largest absolute Gasteiger partial charge is 0.463 e. The molecule has 0 rings (SSSR count). The first-order valence-electron chi connectivity index (χ1n) is 9.14. The molecule has 0 aromatic carbocycles. The summed E-state index contributed by atoms with van der Waals surface area (Å²) >= 11 is 0. The molecule has 4 nitrogen and oxygen atoms in total. The van der Waals surface area contributed by atoms with Gasteiger partial charge in [-0.1, -0.05) is 64.7 Å². The Morgan fingerprint density at radius 1 is 0.783 bits per heavy atom. The number of carbonyl (C=O) groups excluding carboxylic acids is 2. The molecular weight excluding hydrogens is 292 g/mol. The molecule has 0 heterocycles. The van der Waals surface area contributed by atoms with Gasteiger partial charge in [0.2, 0.25) is 0 Å². The fraction of sp³-hybridized carbons (Fsp3) is 0.789. The first-order valence-corrected chi connectivity index (χ1v) is 9.14. The van der Waals surface area contributed by atoms with Gasteiger partial charge in [0.15, 0.2) is 0 Å². The van der Waals surface area contributed by atoms with Crippen molar-refractivity contribution in [2.75, 3.05) is 13.2 Å². The van der Waals surface area contributed by atoms with E-state index in [1.807, 2.05) is 0 Å². The summed E-state index contributed by atoms with van der Waals surface area (Å²) in [4.78, 5) is 22.9. The van der Waals surface area contributed by atoms with Crippen molar-refractivity contribution in [3.63, 3.8) is 0 Å². The van der Waals surface area contributed by atoms with Gasteiger partial charge in [0, 0.05) is 11.6 Å². The van der Waals surface area contributed by atoms with Gasteiger partial charge >= 0.3 is 11.9 Å². The van der Waals surface area contributed by atoms with E-state index >= 15 is 0 Å². The molecule has 23 heavy (non-hydrogen) atoms. The van der Waals surface area contributed by atoms with Crippen molar-refractivity contribution < 1.29 is 19.1 Å². The average Bonchev–Trinajstić information content (AvgIpc) is 2.52. The van der Waals surface area contributed by atoms with Crippen LogP contribution in [0.4, 0.5) is 0 Å². The summed E-state index contributed by atoms with van der Waals surface area (Å²) in [5, 5.41) is 0. The van der Waals surface area contributed by atoms with Crippen molar-refractivity contribution >= 4 is 11.9 Å². The van der Waals surface area contributed by atoms with Crippen LogP contribution in [0.3, 0.4) is 0 Å². The molecule has 0 atom stereocenters. The van der Waals surface area contributed by atoms with E-state index in [9.17, 15) is 9.59 Å². The molecule has 0 aromatic rings. The van der Waals surface area contributed by atoms with Crippen LogP contribution in [0.5, 0.6) is 0 Å². The SMILES string of the molecule is CCCCCCCCCCCCOC(=O)/C(C)=C/C(=O)OCC. The highest BCUT2D eigenvalue weighted by Gasteiger charge is 2.08. The smallest absolute Gasteiger partial charge is 0.333 e. The van der Waals surface area contributed by atoms with Crippen molar-refractivity contribution in [3.8, 4) is 0 Å². The number of esters is 2. The second kappa shape index (κ2) is 15.6. The van der Waals surface area contributed by atoms with E-state index in [1.165, 1.54) is 57.4 Å². The quantitative estimate of drug-likeness (QED) is 0.257. The zero-order valence-corrected chi connectivity index (χ0v) is 15.2. The van der Waals surface area contributed by atoms with Crippen molar-refractivity contribution in [3.05, 3.63) is 11.6 Å². The van der Waals surface area contributed by atoms with Gasteiger partial charge in [-0.15, -0.1) is 0 Å². The molecule has 0 aliphatic carbocycles. The molecule has 0 N–H and O–H groups in total. The third-order valence-corrected chi connectivity index (χ3v) is 3.67. The van der Waals surface area contributed by atoms with E-state index in [0.29, 0.717) is 13.2 Å². The fourth-order valence-electron chi connectivity index (χ4n) is 2.29. The molecule has 0 aliphatic rings. The summed E-state index contributed by atoms with van der Waals surface area (Å²) in [6.07, 6.45) is 13.6. The minimum atomic E-state index is -0.499. The maximum Gasteiger partial charge on any atom is 0.333 e. The van der Waals surface area contributed by atoms with Gasteiger partial charge in [0.1, 0.15) is 0 Å². The molecule has 0 spiro atoms. The lowest BCUT2D eigenvalue weighted by Crippen LogP contribution is -2.10. The highest BCUT2D eigenvalue weighted by atomic mass is 16.5. The summed E-state index contributed by atoms with van der Waals surface area (Å²) in [7, 11) is 0. The van der Waals surface area contributed by atoms with Crippen molar-refractivity contribution in [1.82, 2.24) is 0 Å². The predicted molar refractivity (Wildman–Crippen MR) is 93.2 cm³/mol. The molecule has 0 bridgehead atoms. The molecule has 0 unspecified atom stereocenters. The minimum absolute atomic E-state index is 0.288. The Balaban J connectivity index is 3.50. The summed E-state index contributed by atoms with van der Waals surface area (Å²) in [6, 6.07) is 0. The van der Waals surface area contributed by atoms with Crippen LogP contribution in [-0.2, 0) is 19.1 Å². The van der Waals surface area contributed by atoms with E-state index in [4.69, 9.17) is 9.47 Å². The van der Waals surface area contributed by atoms with E-state index in [-0.39, 0.29) is 5.57 Å². The Hall–Kier alpha value is -1.32. The number of hydrogen-bond donors (Lipinski definition) is 0. The van der Waals surface area contributed by atoms with Gasteiger partial charge in [-0.2, -0.15) is 0 Å². The lowest BCUT2D eigenvalue weighted by Gasteiger charge is -2.05. The molecular formula is C19H34O4. The lowest BCUT2D eigenvalue weighted by atomic mass is 10.1.